The zero-order valence-electron chi connectivity index (χ0n) is 7.63. The van der Waals surface area contributed by atoms with Gasteiger partial charge >= 0.3 is 46.0 Å². The molecule has 0 atom stereocenters. The molecule has 15 heavy (non-hydrogen) atoms. The summed E-state index contributed by atoms with van der Waals surface area (Å²) < 4.78 is 0. The Bertz CT molecular complexity index is 238. The second-order valence-corrected chi connectivity index (χ2v) is 2.42. The Labute approximate surface area is 117 Å². The Morgan fingerprint density at radius 3 is 1.40 bits per heavy atom. The van der Waals surface area contributed by atoms with Crippen molar-refractivity contribution in [3.63, 3.8) is 0 Å². The van der Waals surface area contributed by atoms with E-state index in [0.29, 0.717) is 0 Å². The van der Waals surface area contributed by atoms with Gasteiger partial charge in [0.25, 0.3) is 0 Å². The van der Waals surface area contributed by atoms with E-state index in [-0.39, 0.29) is 46.0 Å². The van der Waals surface area contributed by atoms with Gasteiger partial charge < -0.3 is 34.8 Å². The standard InChI is InChI=1S/C6H8O7.Na.Ni/c7-3(8)1-6(13,5(11)12)2-4(9)10;;/h13H,1-2H2,(H,7,8)(H,9,10)(H,11,12);;/q;+1;+2/p-3. The van der Waals surface area contributed by atoms with Crippen LogP contribution >= 0.6 is 0 Å². The van der Waals surface area contributed by atoms with Crippen LogP contribution in [0.1, 0.15) is 12.8 Å². The van der Waals surface area contributed by atoms with E-state index in [9.17, 15) is 29.7 Å². The number of hydrogen-bond acceptors (Lipinski definition) is 7. The van der Waals surface area contributed by atoms with Gasteiger partial charge in [-0.15, -0.1) is 0 Å². The molecule has 0 spiro atoms. The van der Waals surface area contributed by atoms with Crippen molar-refractivity contribution >= 4 is 17.9 Å². The fraction of sp³-hybridized carbons (Fsp3) is 0.500. The number of aliphatic carboxylic acids is 3. The van der Waals surface area contributed by atoms with E-state index in [4.69, 9.17) is 5.11 Å². The molecule has 9 heteroatoms. The topological polar surface area (TPSA) is 141 Å². The molecular weight excluding hydrogens is 266 g/mol. The first-order chi connectivity index (χ1) is 5.78. The Balaban J connectivity index is -0.000000720. The van der Waals surface area contributed by atoms with E-state index in [1.165, 1.54) is 0 Å². The van der Waals surface area contributed by atoms with Crippen LogP contribution in [0.25, 0.3) is 0 Å². The van der Waals surface area contributed by atoms with E-state index in [1.54, 1.807) is 0 Å². The second kappa shape index (κ2) is 8.07. The van der Waals surface area contributed by atoms with Gasteiger partial charge in [-0.3, -0.25) is 0 Å². The molecule has 0 aliphatic carbocycles. The smallest absolute Gasteiger partial charge is 0.550 e. The van der Waals surface area contributed by atoms with Gasteiger partial charge in [0.05, 0.1) is 5.97 Å². The van der Waals surface area contributed by atoms with Crippen molar-refractivity contribution in [1.82, 2.24) is 0 Å². The number of carboxylic acids is 3. The van der Waals surface area contributed by atoms with Crippen LogP contribution in [0.15, 0.2) is 0 Å². The Morgan fingerprint density at radius 2 is 1.27 bits per heavy atom. The quantitative estimate of drug-likeness (QED) is 0.489. The molecule has 7 nitrogen and oxygen atoms in total. The molecule has 0 aromatic rings. The van der Waals surface area contributed by atoms with Crippen molar-refractivity contribution in [2.75, 3.05) is 0 Å². The number of carbonyl (C=O) groups is 3. The van der Waals surface area contributed by atoms with Crippen molar-refractivity contribution in [3.05, 3.63) is 0 Å². The van der Waals surface area contributed by atoms with Crippen LogP contribution < -0.4 is 44.9 Å². The summed E-state index contributed by atoms with van der Waals surface area (Å²) in [6.45, 7) is 0. The average molecular weight is 271 g/mol. The van der Waals surface area contributed by atoms with Crippen LogP contribution in [0.3, 0.4) is 0 Å². The maximum Gasteiger partial charge on any atom is 2.00 e. The molecule has 0 saturated carbocycles. The third kappa shape index (κ3) is 7.75. The molecule has 0 bridgehead atoms. The van der Waals surface area contributed by atoms with Crippen LogP contribution in [-0.4, -0.2) is 28.6 Å². The van der Waals surface area contributed by atoms with E-state index in [1.807, 2.05) is 0 Å². The monoisotopic (exact) mass is 270 g/mol. The van der Waals surface area contributed by atoms with E-state index in [2.05, 4.69) is 0 Å². The SMILES string of the molecule is O=C([O-])CC(O)(CC(=O)[O-])C(=O)[O-].[Na+].[Ni+2]. The molecule has 1 N–H and O–H groups in total. The average Bonchev–Trinajstić information content (AvgIpc) is 1.82. The van der Waals surface area contributed by atoms with Crippen molar-refractivity contribution < 1.29 is 80.9 Å². The first-order valence-corrected chi connectivity index (χ1v) is 3.11. The first kappa shape index (κ1) is 20.3. The largest absolute Gasteiger partial charge is 2.00 e. The van der Waals surface area contributed by atoms with Gasteiger partial charge in [-0.1, -0.05) is 0 Å². The first-order valence-electron chi connectivity index (χ1n) is 3.11. The van der Waals surface area contributed by atoms with Gasteiger partial charge in [-0.05, 0) is 0 Å². The number of rotatable bonds is 5. The van der Waals surface area contributed by atoms with Crippen molar-refractivity contribution in [1.29, 1.82) is 0 Å². The molecule has 0 rings (SSSR count). The minimum Gasteiger partial charge on any atom is -0.550 e. The molecule has 82 valence electrons. The summed E-state index contributed by atoms with van der Waals surface area (Å²) in [5, 5.41) is 38.9. The third-order valence-electron chi connectivity index (χ3n) is 1.25. The molecule has 0 amide bonds. The van der Waals surface area contributed by atoms with Crippen LogP contribution in [0.4, 0.5) is 0 Å². The zero-order valence-corrected chi connectivity index (χ0v) is 10.6. The maximum atomic E-state index is 10.1. The molecule has 0 heterocycles. The third-order valence-corrected chi connectivity index (χ3v) is 1.25. The Kier molecular flexibility index (Phi) is 10.9. The molecule has 0 aromatic carbocycles. The van der Waals surface area contributed by atoms with Gasteiger partial charge in [-0.25, -0.2) is 0 Å². The molecule has 0 aromatic heterocycles. The Morgan fingerprint density at radius 1 is 1.00 bits per heavy atom. The number of aliphatic hydroxyl groups is 1. The summed E-state index contributed by atoms with van der Waals surface area (Å²) in [5.41, 5.74) is -2.97. The van der Waals surface area contributed by atoms with Crippen molar-refractivity contribution in [2.24, 2.45) is 0 Å². The Hall–Kier alpha value is -0.136. The molecule has 0 radical (unpaired) electrons. The van der Waals surface area contributed by atoms with Gasteiger partial charge in [0.2, 0.25) is 0 Å². The fourth-order valence-corrected chi connectivity index (χ4v) is 0.684. The van der Waals surface area contributed by atoms with Gasteiger partial charge in [-0.2, -0.15) is 0 Å². The van der Waals surface area contributed by atoms with Crippen LogP contribution in [0.2, 0.25) is 0 Å². The summed E-state index contributed by atoms with van der Waals surface area (Å²) >= 11 is 0. The van der Waals surface area contributed by atoms with E-state index < -0.39 is 36.4 Å². The normalized spacial score (nSPS) is 9.40. The summed E-state index contributed by atoms with van der Waals surface area (Å²) in [6.07, 6.45) is -2.72. The maximum absolute atomic E-state index is 10.1. The summed E-state index contributed by atoms with van der Waals surface area (Å²) in [5.74, 6) is -5.98. The summed E-state index contributed by atoms with van der Waals surface area (Å²) in [4.78, 5) is 30.0. The molecule has 0 aliphatic heterocycles. The van der Waals surface area contributed by atoms with Gasteiger partial charge in [0, 0.05) is 24.8 Å². The predicted octanol–water partition coefficient (Wildman–Crippen LogP) is -8.25. The van der Waals surface area contributed by atoms with Gasteiger partial charge in [0.15, 0.2) is 0 Å². The van der Waals surface area contributed by atoms with E-state index in [0.717, 1.165) is 0 Å². The minimum atomic E-state index is -2.97. The number of hydrogen-bond donors (Lipinski definition) is 1. The zero-order chi connectivity index (χ0) is 10.6. The molecule has 0 fully saturated rings. The molecule has 0 unspecified atom stereocenters. The van der Waals surface area contributed by atoms with Crippen molar-refractivity contribution in [3.8, 4) is 0 Å². The van der Waals surface area contributed by atoms with Crippen LogP contribution in [0, 0.1) is 0 Å². The van der Waals surface area contributed by atoms with Crippen LogP contribution in [0.5, 0.6) is 0 Å². The number of carbonyl (C=O) groups excluding carboxylic acids is 3. The van der Waals surface area contributed by atoms with E-state index >= 15 is 0 Å². The molecule has 0 saturated heterocycles. The summed E-state index contributed by atoms with van der Waals surface area (Å²) in [7, 11) is 0. The number of carboxylic acid groups (broad SMARTS) is 3. The summed E-state index contributed by atoms with van der Waals surface area (Å²) in [6, 6.07) is 0. The fourth-order valence-electron chi connectivity index (χ4n) is 0.684. The minimum absolute atomic E-state index is 0. The van der Waals surface area contributed by atoms with Crippen LogP contribution in [-0.2, 0) is 30.9 Å². The van der Waals surface area contributed by atoms with Gasteiger partial charge in [0.1, 0.15) is 5.60 Å². The second-order valence-electron chi connectivity index (χ2n) is 2.42. The predicted molar refractivity (Wildman–Crippen MR) is 29.2 cm³/mol. The molecule has 0 aliphatic rings. The van der Waals surface area contributed by atoms with Crippen molar-refractivity contribution in [2.45, 2.75) is 18.4 Å². The molecular formula is C6H5NaNiO7.